The summed E-state index contributed by atoms with van der Waals surface area (Å²) in [6, 6.07) is 26.2. The van der Waals surface area contributed by atoms with Crippen LogP contribution in [0.3, 0.4) is 0 Å². The molecule has 0 aliphatic carbocycles. The minimum absolute atomic E-state index is 0.0525. The van der Waals surface area contributed by atoms with Crippen molar-refractivity contribution in [1.82, 2.24) is 9.62 Å². The molecule has 40 heavy (non-hydrogen) atoms. The van der Waals surface area contributed by atoms with Gasteiger partial charge < -0.3 is 4.90 Å². The lowest BCUT2D eigenvalue weighted by molar-refractivity contribution is 0.178. The van der Waals surface area contributed by atoms with Crippen LogP contribution in [0.4, 0.5) is 0 Å². The Hall–Kier alpha value is -2.27. The number of hydrogen-bond acceptors (Lipinski definition) is 2. The first-order valence-electron chi connectivity index (χ1n) is 15.4. The van der Waals surface area contributed by atoms with Crippen LogP contribution in [0.1, 0.15) is 112 Å². The summed E-state index contributed by atoms with van der Waals surface area (Å²) in [5.41, 5.74) is 6.49. The van der Waals surface area contributed by atoms with Crippen molar-refractivity contribution < 1.29 is 4.21 Å². The Morgan fingerprint density at radius 3 is 1.85 bits per heavy atom. The number of nitrogens with zero attached hydrogens (tertiary/aromatic N) is 1. The molecule has 0 radical (unpaired) electrons. The molecule has 1 fully saturated rings. The molecule has 216 valence electrons. The molecule has 3 aromatic rings. The van der Waals surface area contributed by atoms with E-state index >= 15 is 0 Å². The van der Waals surface area contributed by atoms with Gasteiger partial charge in [-0.05, 0) is 79.1 Å². The van der Waals surface area contributed by atoms with Crippen molar-refractivity contribution in [1.29, 1.82) is 0 Å². The fourth-order valence-corrected chi connectivity index (χ4v) is 7.83. The van der Waals surface area contributed by atoms with E-state index in [0.29, 0.717) is 17.8 Å². The maximum atomic E-state index is 14.3. The normalized spacial score (nSPS) is 16.6. The van der Waals surface area contributed by atoms with Crippen molar-refractivity contribution in [3.8, 4) is 0 Å². The molecule has 3 aromatic carbocycles. The highest BCUT2D eigenvalue weighted by Gasteiger charge is 2.29. The summed E-state index contributed by atoms with van der Waals surface area (Å²) in [4.78, 5) is 3.65. The first kappa shape index (κ1) is 30.7. The van der Waals surface area contributed by atoms with Gasteiger partial charge in [-0.25, -0.2) is 0 Å². The van der Waals surface area contributed by atoms with E-state index in [0.717, 1.165) is 36.9 Å². The number of likely N-dealkylation sites (tertiary alicyclic amines) is 1. The molecule has 0 saturated carbocycles. The van der Waals surface area contributed by atoms with Gasteiger partial charge in [-0.1, -0.05) is 119 Å². The highest BCUT2D eigenvalue weighted by molar-refractivity contribution is 7.83. The van der Waals surface area contributed by atoms with E-state index in [-0.39, 0.29) is 6.04 Å². The fraction of sp³-hybridized carbons (Fsp3) is 0.500. The Kier molecular flexibility index (Phi) is 11.2. The summed E-state index contributed by atoms with van der Waals surface area (Å²) < 4.78 is 17.9. The molecule has 4 heteroatoms. The third kappa shape index (κ3) is 8.15. The molecule has 1 saturated heterocycles. The zero-order valence-corrected chi connectivity index (χ0v) is 26.5. The van der Waals surface area contributed by atoms with Gasteiger partial charge in [0.15, 0.2) is 15.9 Å². The van der Waals surface area contributed by atoms with Crippen LogP contribution in [-0.2, 0) is 21.6 Å². The zero-order chi connectivity index (χ0) is 28.6. The quantitative estimate of drug-likeness (QED) is 0.178. The smallest absolute Gasteiger partial charge is 0.181 e. The van der Waals surface area contributed by atoms with E-state index in [2.05, 4.69) is 124 Å². The summed E-state index contributed by atoms with van der Waals surface area (Å²) in [5, 5.41) is 0. The van der Waals surface area contributed by atoms with Gasteiger partial charge in [0.2, 0.25) is 0 Å². The number of benzene rings is 3. The zero-order valence-electron chi connectivity index (χ0n) is 25.6. The minimum atomic E-state index is -1.76. The third-order valence-electron chi connectivity index (χ3n) is 8.59. The number of hydrogen-bond donors (Lipinski definition) is 1. The van der Waals surface area contributed by atoms with Crippen LogP contribution in [0.5, 0.6) is 0 Å². The number of rotatable bonds is 12. The molecule has 0 bridgehead atoms. The second kappa shape index (κ2) is 14.6. The molecule has 4 rings (SSSR count). The van der Waals surface area contributed by atoms with Crippen LogP contribution in [0.2, 0.25) is 0 Å². The highest BCUT2D eigenvalue weighted by Crippen LogP contribution is 2.35. The molecular weight excluding hydrogens is 508 g/mol. The molecule has 1 heterocycles. The summed E-state index contributed by atoms with van der Waals surface area (Å²) in [7, 11) is -1.76. The van der Waals surface area contributed by atoms with Gasteiger partial charge in [0.05, 0.1) is 6.04 Å². The Labute approximate surface area is 246 Å². The maximum absolute atomic E-state index is 14.3. The van der Waals surface area contributed by atoms with Crippen molar-refractivity contribution in [2.45, 2.75) is 95.9 Å². The van der Waals surface area contributed by atoms with Gasteiger partial charge in [-0.3, -0.25) is 0 Å². The van der Waals surface area contributed by atoms with Crippen LogP contribution in [0.25, 0.3) is 0 Å². The van der Waals surface area contributed by atoms with E-state index in [1.54, 1.807) is 0 Å². The van der Waals surface area contributed by atoms with E-state index < -0.39 is 11.0 Å². The van der Waals surface area contributed by atoms with Crippen molar-refractivity contribution >= 4 is 11.0 Å². The third-order valence-corrected chi connectivity index (χ3v) is 10.1. The van der Waals surface area contributed by atoms with Crippen LogP contribution in [0.15, 0.2) is 77.7 Å². The maximum Gasteiger partial charge on any atom is 0.181 e. The monoisotopic (exact) mass is 559 g/mol. The molecular formula is C36H51N2OS+. The lowest BCUT2D eigenvalue weighted by atomic mass is 9.89. The standard InChI is InChI=1S/C36H50N2OS/c1-26(2)32-24-33(27(3)4)36(34(25-32)28(5)6)40(39)37-35(31-15-11-8-12-16-31)19-22-38-20-17-30(18-21-38)23-29-13-9-7-10-14-29/h7-16,24-28,30,35H,17-23H2,1-6H3,(H,37,39)/p+1. The predicted octanol–water partition coefficient (Wildman–Crippen LogP) is 8.70. The van der Waals surface area contributed by atoms with Gasteiger partial charge in [0.1, 0.15) is 0 Å². The first-order valence-corrected chi connectivity index (χ1v) is 16.7. The lowest BCUT2D eigenvalue weighted by Crippen LogP contribution is -2.37. The minimum Gasteiger partial charge on any atom is -0.303 e. The highest BCUT2D eigenvalue weighted by atomic mass is 32.2. The molecule has 0 spiro atoms. The first-order chi connectivity index (χ1) is 19.2. The number of thiol groups is 1. The van der Waals surface area contributed by atoms with Gasteiger partial charge in [0.25, 0.3) is 0 Å². The second-order valence-electron chi connectivity index (χ2n) is 12.7. The van der Waals surface area contributed by atoms with Crippen molar-refractivity contribution in [2.24, 2.45) is 5.92 Å². The van der Waals surface area contributed by atoms with Gasteiger partial charge >= 0.3 is 0 Å². The Morgan fingerprint density at radius 1 is 0.775 bits per heavy atom. The summed E-state index contributed by atoms with van der Waals surface area (Å²) in [6.07, 6.45) is 4.65. The van der Waals surface area contributed by atoms with Crippen LogP contribution >= 0.6 is 0 Å². The summed E-state index contributed by atoms with van der Waals surface area (Å²) in [5.74, 6) is 1.86. The van der Waals surface area contributed by atoms with E-state index in [4.69, 9.17) is 0 Å². The molecule has 1 N–H and O–H groups in total. The van der Waals surface area contributed by atoms with Gasteiger partial charge in [-0.15, -0.1) is 4.72 Å². The Balaban J connectivity index is 1.48. The SMILES string of the molecule is CC(C)c1cc(C(C)C)c([SH+](=O)NC(CCN2CCC(Cc3ccccc3)CC2)c2ccccc2)c(C(C)C)c1. The van der Waals surface area contributed by atoms with Crippen LogP contribution in [0, 0.1) is 5.92 Å². The van der Waals surface area contributed by atoms with Crippen molar-refractivity contribution in [3.63, 3.8) is 0 Å². The van der Waals surface area contributed by atoms with Crippen LogP contribution < -0.4 is 4.72 Å². The van der Waals surface area contributed by atoms with Gasteiger partial charge in [-0.2, -0.15) is 0 Å². The molecule has 2 unspecified atom stereocenters. The molecule has 2 atom stereocenters. The topological polar surface area (TPSA) is 32.3 Å². The summed E-state index contributed by atoms with van der Waals surface area (Å²) in [6.45, 7) is 16.7. The van der Waals surface area contributed by atoms with E-state index in [9.17, 15) is 4.21 Å². The average Bonchev–Trinajstić information content (AvgIpc) is 2.96. The van der Waals surface area contributed by atoms with Crippen molar-refractivity contribution in [2.75, 3.05) is 19.6 Å². The van der Waals surface area contributed by atoms with E-state index in [1.165, 1.54) is 47.1 Å². The predicted molar refractivity (Wildman–Crippen MR) is 173 cm³/mol. The Bertz CT molecular complexity index is 1190. The second-order valence-corrected chi connectivity index (χ2v) is 14.0. The Morgan fingerprint density at radius 2 is 1.32 bits per heavy atom. The molecule has 3 nitrogen and oxygen atoms in total. The van der Waals surface area contributed by atoms with E-state index in [1.807, 2.05) is 0 Å². The molecule has 0 amide bonds. The van der Waals surface area contributed by atoms with Crippen LogP contribution in [-0.4, -0.2) is 24.5 Å². The van der Waals surface area contributed by atoms with Gasteiger partial charge in [0, 0.05) is 17.7 Å². The number of piperidine rings is 1. The largest absolute Gasteiger partial charge is 0.303 e. The summed E-state index contributed by atoms with van der Waals surface area (Å²) >= 11 is 0. The lowest BCUT2D eigenvalue weighted by Gasteiger charge is -2.33. The molecule has 1 aliphatic rings. The number of nitrogens with one attached hydrogen (secondary N) is 1. The van der Waals surface area contributed by atoms with Crippen molar-refractivity contribution in [3.05, 3.63) is 101 Å². The molecule has 0 aromatic heterocycles. The fourth-order valence-electron chi connectivity index (χ4n) is 6.02. The molecule has 1 aliphatic heterocycles. The average molecular weight is 560 g/mol.